The van der Waals surface area contributed by atoms with E-state index in [-0.39, 0.29) is 61.1 Å². The average molecular weight is 833 g/mol. The zero-order valence-electron chi connectivity index (χ0n) is 40.3. The fourth-order valence-corrected chi connectivity index (χ4v) is 8.20. The number of ether oxygens (including phenoxy) is 4. The summed E-state index contributed by atoms with van der Waals surface area (Å²) < 4.78 is 22.6. The lowest BCUT2D eigenvalue weighted by Crippen LogP contribution is -2.21. The Morgan fingerprint density at radius 3 is 1.15 bits per heavy atom. The number of cyclic esters (lactones) is 1. The molecule has 1 rings (SSSR count). The molecule has 0 bridgehead atoms. The number of hydrogen-bond donors (Lipinski definition) is 0. The molecule has 0 saturated heterocycles. The molecule has 1 aliphatic heterocycles. The van der Waals surface area contributed by atoms with Crippen molar-refractivity contribution >= 4 is 23.9 Å². The lowest BCUT2D eigenvalue weighted by molar-refractivity contribution is -0.152. The SMILES string of the molecule is CC(C)CCCC(C)CCCC(C)CC(=O)OCCC1OC(=O)C(OC(=O)CC(C)CCCC(C)CCCC(C)C)=C1OC(=O)CC(C)CCCC(C)CCCC(C)C. The number of carbonyl (C=O) groups excluding carboxylic acids is 4. The molecule has 0 N–H and O–H groups in total. The van der Waals surface area contributed by atoms with Crippen LogP contribution < -0.4 is 0 Å². The van der Waals surface area contributed by atoms with E-state index in [1.165, 1.54) is 64.2 Å². The van der Waals surface area contributed by atoms with Crippen molar-refractivity contribution in [1.29, 1.82) is 0 Å². The molecule has 0 fully saturated rings. The van der Waals surface area contributed by atoms with E-state index in [0.717, 1.165) is 69.1 Å². The quantitative estimate of drug-likeness (QED) is 0.0459. The summed E-state index contributed by atoms with van der Waals surface area (Å²) in [5, 5.41) is 0. The summed E-state index contributed by atoms with van der Waals surface area (Å²) in [6.45, 7) is 26.6. The van der Waals surface area contributed by atoms with Crippen molar-refractivity contribution < 1.29 is 38.1 Å². The van der Waals surface area contributed by atoms with Gasteiger partial charge in [-0.25, -0.2) is 4.79 Å². The van der Waals surface area contributed by atoms with Crippen molar-refractivity contribution in [3.05, 3.63) is 11.5 Å². The highest BCUT2D eigenvalue weighted by molar-refractivity contribution is 5.93. The van der Waals surface area contributed by atoms with Crippen molar-refractivity contribution in [3.8, 4) is 0 Å². The average Bonchev–Trinajstić information content (AvgIpc) is 3.39. The number of esters is 4. The zero-order chi connectivity index (χ0) is 44.3. The molecule has 8 heteroatoms. The van der Waals surface area contributed by atoms with E-state index in [2.05, 4.69) is 69.2 Å². The van der Waals surface area contributed by atoms with E-state index < -0.39 is 24.0 Å². The predicted octanol–water partition coefficient (Wildman–Crippen LogP) is 14.1. The molecule has 344 valence electrons. The molecule has 0 aromatic rings. The third-order valence-electron chi connectivity index (χ3n) is 12.2. The Morgan fingerprint density at radius 1 is 0.458 bits per heavy atom. The molecule has 0 spiro atoms. The van der Waals surface area contributed by atoms with E-state index in [4.69, 9.17) is 18.9 Å². The normalized spacial score (nSPS) is 17.5. The van der Waals surface area contributed by atoms with Crippen LogP contribution in [0.2, 0.25) is 0 Å². The fraction of sp³-hybridized carbons (Fsp3) is 0.882. The summed E-state index contributed by atoms with van der Waals surface area (Å²) in [6.07, 6.45) is 20.3. The second kappa shape index (κ2) is 31.5. The van der Waals surface area contributed by atoms with Crippen LogP contribution in [0.15, 0.2) is 11.5 Å². The zero-order valence-corrected chi connectivity index (χ0v) is 40.3. The molecule has 1 heterocycles. The summed E-state index contributed by atoms with van der Waals surface area (Å²) in [5.41, 5.74) is 0. The third-order valence-corrected chi connectivity index (χ3v) is 12.2. The van der Waals surface area contributed by atoms with Crippen molar-refractivity contribution in [2.75, 3.05) is 6.61 Å². The van der Waals surface area contributed by atoms with Crippen LogP contribution in [-0.2, 0) is 38.1 Å². The maximum absolute atomic E-state index is 13.3. The highest BCUT2D eigenvalue weighted by Crippen LogP contribution is 2.30. The van der Waals surface area contributed by atoms with Crippen LogP contribution in [0.25, 0.3) is 0 Å². The van der Waals surface area contributed by atoms with Gasteiger partial charge in [-0.15, -0.1) is 0 Å². The maximum atomic E-state index is 13.3. The molecule has 1 aliphatic rings. The molecule has 0 amide bonds. The van der Waals surface area contributed by atoms with Gasteiger partial charge in [-0.3, -0.25) is 14.4 Å². The lowest BCUT2D eigenvalue weighted by Gasteiger charge is -2.17. The van der Waals surface area contributed by atoms with E-state index in [1.54, 1.807) is 0 Å². The Morgan fingerprint density at radius 2 is 0.780 bits per heavy atom. The maximum Gasteiger partial charge on any atom is 0.378 e. The van der Waals surface area contributed by atoms with Gasteiger partial charge in [0.15, 0.2) is 11.9 Å². The highest BCUT2D eigenvalue weighted by Gasteiger charge is 2.40. The molecular formula is C51H92O8. The summed E-state index contributed by atoms with van der Waals surface area (Å²) >= 11 is 0. The summed E-state index contributed by atoms with van der Waals surface area (Å²) in [5.74, 6) is 1.91. The lowest BCUT2D eigenvalue weighted by atomic mass is 9.92. The van der Waals surface area contributed by atoms with Crippen LogP contribution in [0.1, 0.15) is 224 Å². The van der Waals surface area contributed by atoms with Crippen LogP contribution >= 0.6 is 0 Å². The first-order valence-electron chi connectivity index (χ1n) is 24.4. The smallest absolute Gasteiger partial charge is 0.378 e. The van der Waals surface area contributed by atoms with Gasteiger partial charge >= 0.3 is 23.9 Å². The number of carbonyl (C=O) groups is 4. The van der Waals surface area contributed by atoms with E-state index in [0.29, 0.717) is 24.2 Å². The number of rotatable bonds is 35. The Hall–Kier alpha value is -2.38. The van der Waals surface area contributed by atoms with E-state index in [9.17, 15) is 19.2 Å². The summed E-state index contributed by atoms with van der Waals surface area (Å²) in [6, 6.07) is 0. The monoisotopic (exact) mass is 833 g/mol. The van der Waals surface area contributed by atoms with Gasteiger partial charge in [0, 0.05) is 25.7 Å². The first kappa shape index (κ1) is 54.6. The molecule has 8 nitrogen and oxygen atoms in total. The second-order valence-electron chi connectivity index (χ2n) is 20.6. The minimum Gasteiger partial charge on any atom is -0.466 e. The second-order valence-corrected chi connectivity index (χ2v) is 20.6. The van der Waals surface area contributed by atoms with Crippen molar-refractivity contribution in [3.63, 3.8) is 0 Å². The van der Waals surface area contributed by atoms with Gasteiger partial charge in [0.2, 0.25) is 0 Å². The minimum absolute atomic E-state index is 0.0165. The van der Waals surface area contributed by atoms with Crippen LogP contribution in [0.5, 0.6) is 0 Å². The molecule has 7 unspecified atom stereocenters. The van der Waals surface area contributed by atoms with Crippen molar-refractivity contribution in [2.24, 2.45) is 53.3 Å². The molecule has 0 aliphatic carbocycles. The van der Waals surface area contributed by atoms with E-state index >= 15 is 0 Å². The molecule has 0 aromatic heterocycles. The molecule has 7 atom stereocenters. The molecule has 0 saturated carbocycles. The van der Waals surface area contributed by atoms with Crippen molar-refractivity contribution in [2.45, 2.75) is 230 Å². The van der Waals surface area contributed by atoms with E-state index in [1.807, 2.05) is 13.8 Å². The largest absolute Gasteiger partial charge is 0.466 e. The topological polar surface area (TPSA) is 105 Å². The Bertz CT molecular complexity index is 1200. The minimum atomic E-state index is -0.992. The molecule has 0 radical (unpaired) electrons. The Balaban J connectivity index is 2.80. The van der Waals surface area contributed by atoms with Crippen LogP contribution in [-0.4, -0.2) is 36.6 Å². The van der Waals surface area contributed by atoms with Gasteiger partial charge < -0.3 is 18.9 Å². The van der Waals surface area contributed by atoms with Crippen LogP contribution in [0, 0.1) is 53.3 Å². The standard InChI is InChI=1S/C51H92O8/c1-36(2)19-13-22-39(7)25-16-28-42(10)33-46(52)56-32-31-45-49(58-47(53)34-43(11)29-17-26-40(8)23-14-20-37(3)4)50(51(55)57-45)59-48(54)35-44(12)30-18-27-41(9)24-15-21-38(5)6/h36-45H,13-35H2,1-12H3. The predicted molar refractivity (Wildman–Crippen MR) is 241 cm³/mol. The first-order valence-corrected chi connectivity index (χ1v) is 24.4. The van der Waals surface area contributed by atoms with Gasteiger partial charge in [-0.1, -0.05) is 199 Å². The highest BCUT2D eigenvalue weighted by atomic mass is 16.6. The van der Waals surface area contributed by atoms with Crippen LogP contribution in [0.3, 0.4) is 0 Å². The Labute approximate surface area is 362 Å². The Kier molecular flexibility index (Phi) is 29.1. The van der Waals surface area contributed by atoms with Gasteiger partial charge in [0.1, 0.15) is 0 Å². The molecular weight excluding hydrogens is 741 g/mol. The molecule has 59 heavy (non-hydrogen) atoms. The number of hydrogen-bond acceptors (Lipinski definition) is 8. The summed E-state index contributed by atoms with van der Waals surface area (Å²) in [7, 11) is 0. The first-order chi connectivity index (χ1) is 27.9. The third kappa shape index (κ3) is 28.0. The van der Waals surface area contributed by atoms with Gasteiger partial charge in [0.25, 0.3) is 5.76 Å². The molecule has 0 aromatic carbocycles. The fourth-order valence-electron chi connectivity index (χ4n) is 8.20. The van der Waals surface area contributed by atoms with Gasteiger partial charge in [-0.2, -0.15) is 0 Å². The van der Waals surface area contributed by atoms with Crippen molar-refractivity contribution in [1.82, 2.24) is 0 Å². The van der Waals surface area contributed by atoms with Gasteiger partial charge in [0.05, 0.1) is 6.61 Å². The van der Waals surface area contributed by atoms with Gasteiger partial charge in [-0.05, 0) is 53.3 Å². The van der Waals surface area contributed by atoms with Crippen LogP contribution in [0.4, 0.5) is 0 Å². The summed E-state index contributed by atoms with van der Waals surface area (Å²) in [4.78, 5) is 52.4.